The van der Waals surface area contributed by atoms with E-state index >= 15 is 0 Å². The molecule has 0 aromatic carbocycles. The predicted molar refractivity (Wildman–Crippen MR) is 89.4 cm³/mol. The number of piperidine rings is 1. The molecule has 4 heterocycles. The van der Waals surface area contributed by atoms with E-state index in [1.54, 1.807) is 0 Å². The minimum atomic E-state index is -0.238. The van der Waals surface area contributed by atoms with Gasteiger partial charge < -0.3 is 19.9 Å². The smallest absolute Gasteiger partial charge is 0.251 e. The van der Waals surface area contributed by atoms with Gasteiger partial charge in [-0.1, -0.05) is 0 Å². The van der Waals surface area contributed by atoms with E-state index in [4.69, 9.17) is 4.74 Å². The van der Waals surface area contributed by atoms with Crippen LogP contribution in [-0.4, -0.2) is 72.6 Å². The molecule has 4 aliphatic heterocycles. The van der Waals surface area contributed by atoms with Gasteiger partial charge in [-0.2, -0.15) is 0 Å². The number of amides is 2. The van der Waals surface area contributed by atoms with Gasteiger partial charge in [-0.05, 0) is 44.4 Å². The van der Waals surface area contributed by atoms with E-state index in [2.05, 4.69) is 5.32 Å². The number of rotatable bonds is 3. The molecule has 0 aliphatic carbocycles. The zero-order chi connectivity index (χ0) is 16.5. The third-order valence-corrected chi connectivity index (χ3v) is 6.18. The number of piperazine rings is 1. The molecule has 4 rings (SSSR count). The van der Waals surface area contributed by atoms with Crippen molar-refractivity contribution in [2.24, 2.45) is 5.92 Å². The quantitative estimate of drug-likeness (QED) is 0.827. The summed E-state index contributed by atoms with van der Waals surface area (Å²) in [5.41, 5.74) is 0. The van der Waals surface area contributed by atoms with Crippen LogP contribution in [0.15, 0.2) is 0 Å². The number of hydrogen-bond donors (Lipinski definition) is 1. The lowest BCUT2D eigenvalue weighted by Crippen LogP contribution is -2.53. The molecule has 4 saturated heterocycles. The van der Waals surface area contributed by atoms with Crippen LogP contribution >= 0.6 is 0 Å². The molecular formula is C18H29N3O3. The van der Waals surface area contributed by atoms with Crippen LogP contribution in [0.2, 0.25) is 0 Å². The Balaban J connectivity index is 1.23. The standard InChI is InChI=1S/C18H29N3O3/c22-17(12-13-10-14-3-4-15(11-13)19-14)20-5-7-21(8-6-20)18(23)16-2-1-9-24-16/h13-16,19H,1-12H2. The van der Waals surface area contributed by atoms with Crippen LogP contribution in [-0.2, 0) is 14.3 Å². The molecule has 3 atom stereocenters. The fourth-order valence-corrected chi connectivity index (χ4v) is 4.87. The van der Waals surface area contributed by atoms with E-state index in [0.717, 1.165) is 25.7 Å². The maximum absolute atomic E-state index is 12.6. The summed E-state index contributed by atoms with van der Waals surface area (Å²) in [4.78, 5) is 28.8. The summed E-state index contributed by atoms with van der Waals surface area (Å²) in [5, 5.41) is 3.64. The summed E-state index contributed by atoms with van der Waals surface area (Å²) in [6.45, 7) is 3.36. The van der Waals surface area contributed by atoms with Crippen molar-refractivity contribution in [3.05, 3.63) is 0 Å². The number of ether oxygens (including phenoxy) is 1. The summed E-state index contributed by atoms with van der Waals surface area (Å²) in [6, 6.07) is 1.28. The van der Waals surface area contributed by atoms with Gasteiger partial charge >= 0.3 is 0 Å². The zero-order valence-electron chi connectivity index (χ0n) is 14.4. The highest BCUT2D eigenvalue weighted by Crippen LogP contribution is 2.33. The van der Waals surface area contributed by atoms with E-state index in [1.165, 1.54) is 12.8 Å². The van der Waals surface area contributed by atoms with Gasteiger partial charge in [-0.25, -0.2) is 0 Å². The summed E-state index contributed by atoms with van der Waals surface area (Å²) >= 11 is 0. The van der Waals surface area contributed by atoms with Crippen molar-refractivity contribution in [1.82, 2.24) is 15.1 Å². The molecule has 6 nitrogen and oxygen atoms in total. The molecule has 4 aliphatic rings. The Morgan fingerprint density at radius 3 is 2.25 bits per heavy atom. The molecule has 0 saturated carbocycles. The predicted octanol–water partition coefficient (Wildman–Crippen LogP) is 0.757. The van der Waals surface area contributed by atoms with Crippen molar-refractivity contribution >= 4 is 11.8 Å². The molecule has 0 aromatic heterocycles. The molecule has 6 heteroatoms. The lowest BCUT2D eigenvalue weighted by atomic mass is 9.89. The second-order valence-electron chi connectivity index (χ2n) is 7.89. The first-order valence-electron chi connectivity index (χ1n) is 9.63. The molecule has 0 radical (unpaired) electrons. The Kier molecular flexibility index (Phi) is 4.77. The highest BCUT2D eigenvalue weighted by atomic mass is 16.5. The molecule has 3 unspecified atom stereocenters. The first-order valence-corrected chi connectivity index (χ1v) is 9.63. The van der Waals surface area contributed by atoms with Gasteiger partial charge in [-0.15, -0.1) is 0 Å². The van der Waals surface area contributed by atoms with Gasteiger partial charge in [0, 0.05) is 51.3 Å². The highest BCUT2D eigenvalue weighted by Gasteiger charge is 2.36. The fraction of sp³-hybridized carbons (Fsp3) is 0.889. The monoisotopic (exact) mass is 335 g/mol. The average molecular weight is 335 g/mol. The second kappa shape index (κ2) is 7.00. The Labute approximate surface area is 143 Å². The van der Waals surface area contributed by atoms with Crippen LogP contribution in [0, 0.1) is 5.92 Å². The SMILES string of the molecule is O=C(CC1CC2CCC(C1)N2)N1CCN(C(=O)C2CCCO2)CC1. The Morgan fingerprint density at radius 2 is 1.62 bits per heavy atom. The minimum Gasteiger partial charge on any atom is -0.368 e. The number of nitrogens with one attached hydrogen (secondary N) is 1. The van der Waals surface area contributed by atoms with Gasteiger partial charge in [0.1, 0.15) is 6.10 Å². The molecule has 2 bridgehead atoms. The van der Waals surface area contributed by atoms with Crippen LogP contribution in [0.3, 0.4) is 0 Å². The molecule has 4 fully saturated rings. The number of nitrogens with zero attached hydrogens (tertiary/aromatic N) is 2. The zero-order valence-corrected chi connectivity index (χ0v) is 14.4. The topological polar surface area (TPSA) is 61.9 Å². The van der Waals surface area contributed by atoms with E-state index < -0.39 is 0 Å². The Bertz CT molecular complexity index is 472. The lowest BCUT2D eigenvalue weighted by Gasteiger charge is -2.37. The van der Waals surface area contributed by atoms with Crippen LogP contribution in [0.5, 0.6) is 0 Å². The summed E-state index contributed by atoms with van der Waals surface area (Å²) in [7, 11) is 0. The van der Waals surface area contributed by atoms with Crippen molar-refractivity contribution in [3.63, 3.8) is 0 Å². The molecule has 2 amide bonds. The number of carbonyl (C=O) groups is 2. The molecular weight excluding hydrogens is 306 g/mol. The molecule has 1 N–H and O–H groups in total. The maximum Gasteiger partial charge on any atom is 0.251 e. The first-order chi connectivity index (χ1) is 11.7. The lowest BCUT2D eigenvalue weighted by molar-refractivity contribution is -0.146. The Morgan fingerprint density at radius 1 is 0.958 bits per heavy atom. The molecule has 0 spiro atoms. The van der Waals surface area contributed by atoms with E-state index in [0.29, 0.717) is 57.2 Å². The van der Waals surface area contributed by atoms with Crippen LogP contribution < -0.4 is 5.32 Å². The van der Waals surface area contributed by atoms with Gasteiger partial charge in [0.15, 0.2) is 0 Å². The van der Waals surface area contributed by atoms with Crippen molar-refractivity contribution in [1.29, 1.82) is 0 Å². The van der Waals surface area contributed by atoms with Crippen molar-refractivity contribution in [3.8, 4) is 0 Å². The van der Waals surface area contributed by atoms with E-state index in [-0.39, 0.29) is 17.9 Å². The number of fused-ring (bicyclic) bond motifs is 2. The van der Waals surface area contributed by atoms with Crippen LogP contribution in [0.4, 0.5) is 0 Å². The number of hydrogen-bond acceptors (Lipinski definition) is 4. The van der Waals surface area contributed by atoms with Gasteiger partial charge in [0.25, 0.3) is 5.91 Å². The Hall–Kier alpha value is -1.14. The normalized spacial score (nSPS) is 36.2. The third kappa shape index (κ3) is 3.45. The highest BCUT2D eigenvalue weighted by molar-refractivity contribution is 5.82. The van der Waals surface area contributed by atoms with Crippen molar-refractivity contribution in [2.45, 2.75) is 63.1 Å². The van der Waals surface area contributed by atoms with Crippen LogP contribution in [0.25, 0.3) is 0 Å². The average Bonchev–Trinajstić information content (AvgIpc) is 3.24. The van der Waals surface area contributed by atoms with Gasteiger partial charge in [-0.3, -0.25) is 9.59 Å². The number of carbonyl (C=O) groups excluding carboxylic acids is 2. The van der Waals surface area contributed by atoms with Crippen LogP contribution in [0.1, 0.15) is 44.9 Å². The molecule has 0 aromatic rings. The second-order valence-corrected chi connectivity index (χ2v) is 7.89. The minimum absolute atomic E-state index is 0.120. The third-order valence-electron chi connectivity index (χ3n) is 6.18. The van der Waals surface area contributed by atoms with Crippen molar-refractivity contribution in [2.75, 3.05) is 32.8 Å². The van der Waals surface area contributed by atoms with E-state index in [1.807, 2.05) is 9.80 Å². The fourth-order valence-electron chi connectivity index (χ4n) is 4.87. The van der Waals surface area contributed by atoms with Gasteiger partial charge in [0.2, 0.25) is 5.91 Å². The summed E-state index contributed by atoms with van der Waals surface area (Å²) in [5.74, 6) is 0.947. The first kappa shape index (κ1) is 16.3. The van der Waals surface area contributed by atoms with Crippen molar-refractivity contribution < 1.29 is 14.3 Å². The van der Waals surface area contributed by atoms with E-state index in [9.17, 15) is 9.59 Å². The van der Waals surface area contributed by atoms with Gasteiger partial charge in [0.05, 0.1) is 0 Å². The largest absolute Gasteiger partial charge is 0.368 e. The molecule has 24 heavy (non-hydrogen) atoms. The summed E-state index contributed by atoms with van der Waals surface area (Å²) < 4.78 is 5.49. The molecule has 134 valence electrons. The summed E-state index contributed by atoms with van der Waals surface area (Å²) in [6.07, 6.45) is 7.13. The maximum atomic E-state index is 12.6.